The number of benzene rings is 2. The van der Waals surface area contributed by atoms with Gasteiger partial charge in [-0.3, -0.25) is 9.59 Å². The lowest BCUT2D eigenvalue weighted by molar-refractivity contribution is -0.264. The third kappa shape index (κ3) is 3.75. The van der Waals surface area contributed by atoms with Crippen LogP contribution >= 0.6 is 0 Å². The first-order chi connectivity index (χ1) is 14.4. The maximum absolute atomic E-state index is 12.8. The van der Waals surface area contributed by atoms with E-state index >= 15 is 0 Å². The van der Waals surface area contributed by atoms with Gasteiger partial charge in [0.2, 0.25) is 5.79 Å². The minimum atomic E-state index is -1.57. The van der Waals surface area contributed by atoms with Gasteiger partial charge in [0.15, 0.2) is 0 Å². The molecule has 0 aromatic heterocycles. The van der Waals surface area contributed by atoms with Crippen LogP contribution in [0.1, 0.15) is 34.1 Å². The van der Waals surface area contributed by atoms with E-state index in [9.17, 15) is 14.7 Å². The Bertz CT molecular complexity index is 950. The van der Waals surface area contributed by atoms with Crippen LogP contribution in [-0.2, 0) is 9.47 Å². The molecule has 2 aromatic carbocycles. The van der Waals surface area contributed by atoms with Gasteiger partial charge in [0.25, 0.3) is 11.8 Å². The van der Waals surface area contributed by atoms with E-state index in [4.69, 9.17) is 9.47 Å². The van der Waals surface area contributed by atoms with Gasteiger partial charge in [0, 0.05) is 23.2 Å². The van der Waals surface area contributed by atoms with Crippen molar-refractivity contribution >= 4 is 11.8 Å². The van der Waals surface area contributed by atoms with E-state index < -0.39 is 17.4 Å². The fourth-order valence-electron chi connectivity index (χ4n) is 4.00. The minimum absolute atomic E-state index is 0.229. The van der Waals surface area contributed by atoms with Crippen LogP contribution in [0, 0.1) is 0 Å². The van der Waals surface area contributed by atoms with Crippen molar-refractivity contribution in [1.29, 1.82) is 0 Å². The highest BCUT2D eigenvalue weighted by molar-refractivity contribution is 5.95. The van der Waals surface area contributed by atoms with Gasteiger partial charge < -0.3 is 25.2 Å². The first kappa shape index (κ1) is 20.3. The molecular formula is C23H24N2O5. The van der Waals surface area contributed by atoms with Crippen LogP contribution in [0.3, 0.4) is 0 Å². The maximum Gasteiger partial charge on any atom is 0.255 e. The van der Waals surface area contributed by atoms with Gasteiger partial charge in [-0.1, -0.05) is 36.4 Å². The molecule has 1 saturated heterocycles. The van der Waals surface area contributed by atoms with Crippen molar-refractivity contribution in [3.63, 3.8) is 0 Å². The minimum Gasteiger partial charge on any atom is -0.380 e. The average molecular weight is 408 g/mol. The van der Waals surface area contributed by atoms with Crippen LogP contribution in [0.25, 0.3) is 0 Å². The summed E-state index contributed by atoms with van der Waals surface area (Å²) in [5.41, 5.74) is -0.112. The largest absolute Gasteiger partial charge is 0.380 e. The fraction of sp³-hybridized carbons (Fsp3) is 0.304. The summed E-state index contributed by atoms with van der Waals surface area (Å²) in [4.78, 5) is 25.4. The molecule has 1 aliphatic carbocycles. The summed E-state index contributed by atoms with van der Waals surface area (Å²) in [5, 5.41) is 17.0. The highest BCUT2D eigenvalue weighted by Gasteiger charge is 2.59. The third-order valence-corrected chi connectivity index (χ3v) is 5.41. The molecule has 0 radical (unpaired) electrons. The van der Waals surface area contributed by atoms with Gasteiger partial charge >= 0.3 is 0 Å². The van der Waals surface area contributed by atoms with Crippen LogP contribution in [-0.4, -0.2) is 47.6 Å². The van der Waals surface area contributed by atoms with Gasteiger partial charge in [-0.25, -0.2) is 0 Å². The monoisotopic (exact) mass is 408 g/mol. The van der Waals surface area contributed by atoms with Crippen molar-refractivity contribution in [2.45, 2.75) is 30.8 Å². The molecule has 4 rings (SSSR count). The van der Waals surface area contributed by atoms with Crippen molar-refractivity contribution in [1.82, 2.24) is 10.6 Å². The number of rotatable bonds is 4. The van der Waals surface area contributed by atoms with E-state index in [1.807, 2.05) is 12.1 Å². The predicted molar refractivity (Wildman–Crippen MR) is 110 cm³/mol. The lowest BCUT2D eigenvalue weighted by Crippen LogP contribution is -2.67. The molecule has 1 fully saturated rings. The molecule has 3 N–H and O–H groups in total. The smallest absolute Gasteiger partial charge is 0.255 e. The standard InChI is InChI=1S/C23H24N2O5/c1-22(28)15-18(24-20(26)16-8-4-2-5-9-16)14-19(23(22)29-12-13-30-23)25-21(27)17-10-6-3-7-11-17/h2-11,15,19,28H,12-14H2,1H3,(H,24,26)(H,25,27)/t19-,22+/m1/s1. The molecular weight excluding hydrogens is 384 g/mol. The zero-order chi connectivity index (χ0) is 21.2. The second-order valence-electron chi connectivity index (χ2n) is 7.60. The number of carbonyl (C=O) groups is 2. The summed E-state index contributed by atoms with van der Waals surface area (Å²) in [6, 6.07) is 16.9. The van der Waals surface area contributed by atoms with Gasteiger partial charge in [0.1, 0.15) is 5.60 Å². The molecule has 0 unspecified atom stereocenters. The lowest BCUT2D eigenvalue weighted by Gasteiger charge is -2.47. The Hall–Kier alpha value is -3.00. The molecule has 1 spiro atoms. The van der Waals surface area contributed by atoms with E-state index in [1.54, 1.807) is 55.5 Å². The van der Waals surface area contributed by atoms with Crippen LogP contribution in [0.2, 0.25) is 0 Å². The van der Waals surface area contributed by atoms with E-state index in [0.717, 1.165) is 0 Å². The van der Waals surface area contributed by atoms with Crippen molar-refractivity contribution in [2.75, 3.05) is 13.2 Å². The van der Waals surface area contributed by atoms with Crippen molar-refractivity contribution in [3.8, 4) is 0 Å². The second-order valence-corrected chi connectivity index (χ2v) is 7.60. The normalized spacial score (nSPS) is 24.9. The highest BCUT2D eigenvalue weighted by Crippen LogP contribution is 2.42. The van der Waals surface area contributed by atoms with Crippen LogP contribution < -0.4 is 10.6 Å². The Morgan fingerprint density at radius 3 is 2.03 bits per heavy atom. The fourth-order valence-corrected chi connectivity index (χ4v) is 4.00. The quantitative estimate of drug-likeness (QED) is 0.719. The van der Waals surface area contributed by atoms with E-state index in [0.29, 0.717) is 30.0 Å². The Balaban J connectivity index is 1.60. The predicted octanol–water partition coefficient (Wildman–Crippen LogP) is 2.00. The topological polar surface area (TPSA) is 96.9 Å². The zero-order valence-corrected chi connectivity index (χ0v) is 16.6. The van der Waals surface area contributed by atoms with Gasteiger partial charge in [0.05, 0.1) is 19.3 Å². The summed E-state index contributed by atoms with van der Waals surface area (Å²) in [6.45, 7) is 2.15. The number of carbonyl (C=O) groups excluding carboxylic acids is 2. The molecule has 1 heterocycles. The Morgan fingerprint density at radius 2 is 1.47 bits per heavy atom. The van der Waals surface area contributed by atoms with Gasteiger partial charge in [-0.2, -0.15) is 0 Å². The summed E-state index contributed by atoms with van der Waals surface area (Å²) >= 11 is 0. The second kappa shape index (κ2) is 8.02. The van der Waals surface area contributed by atoms with Crippen molar-refractivity contribution in [2.24, 2.45) is 0 Å². The van der Waals surface area contributed by atoms with Crippen molar-refractivity contribution in [3.05, 3.63) is 83.6 Å². The molecule has 2 aromatic rings. The summed E-state index contributed by atoms with van der Waals surface area (Å²) in [6.07, 6.45) is 1.76. The first-order valence-corrected chi connectivity index (χ1v) is 9.86. The molecule has 2 amide bonds. The highest BCUT2D eigenvalue weighted by atomic mass is 16.8. The number of ether oxygens (including phenoxy) is 2. The summed E-state index contributed by atoms with van der Waals surface area (Å²) in [5.74, 6) is -2.04. The Morgan fingerprint density at radius 1 is 0.933 bits per heavy atom. The SMILES string of the molecule is C[C@]1(O)C=C(NC(=O)c2ccccc2)C[C@@H](NC(=O)c2ccccc2)C12OCCO2. The Kier molecular flexibility index (Phi) is 5.42. The first-order valence-electron chi connectivity index (χ1n) is 9.86. The van der Waals surface area contributed by atoms with E-state index in [-0.39, 0.29) is 18.2 Å². The van der Waals surface area contributed by atoms with Gasteiger partial charge in [-0.15, -0.1) is 0 Å². The molecule has 30 heavy (non-hydrogen) atoms. The molecule has 7 nitrogen and oxygen atoms in total. The zero-order valence-electron chi connectivity index (χ0n) is 16.6. The number of hydrogen-bond acceptors (Lipinski definition) is 5. The number of nitrogens with one attached hydrogen (secondary N) is 2. The van der Waals surface area contributed by atoms with Crippen molar-refractivity contribution < 1.29 is 24.2 Å². The summed E-state index contributed by atoms with van der Waals surface area (Å²) < 4.78 is 11.7. The number of aliphatic hydroxyl groups is 1. The summed E-state index contributed by atoms with van der Waals surface area (Å²) in [7, 11) is 0. The number of amides is 2. The molecule has 2 atom stereocenters. The number of hydrogen-bond donors (Lipinski definition) is 3. The van der Waals surface area contributed by atoms with Crippen LogP contribution in [0.5, 0.6) is 0 Å². The maximum atomic E-state index is 12.8. The molecule has 1 aliphatic heterocycles. The Labute approximate surface area is 174 Å². The molecule has 7 heteroatoms. The molecule has 2 aliphatic rings. The van der Waals surface area contributed by atoms with E-state index in [2.05, 4.69) is 10.6 Å². The van der Waals surface area contributed by atoms with Gasteiger partial charge in [-0.05, 0) is 37.3 Å². The lowest BCUT2D eigenvalue weighted by atomic mass is 9.80. The van der Waals surface area contributed by atoms with Crippen LogP contribution in [0.4, 0.5) is 0 Å². The molecule has 156 valence electrons. The van der Waals surface area contributed by atoms with E-state index in [1.165, 1.54) is 6.08 Å². The molecule has 0 saturated carbocycles. The molecule has 0 bridgehead atoms. The average Bonchev–Trinajstić information content (AvgIpc) is 3.25. The third-order valence-electron chi connectivity index (χ3n) is 5.41. The van der Waals surface area contributed by atoms with Crippen LogP contribution in [0.15, 0.2) is 72.4 Å².